The van der Waals surface area contributed by atoms with Crippen LogP contribution in [0.15, 0.2) is 62.7 Å². The Morgan fingerprint density at radius 2 is 2.00 bits per heavy atom. The number of anilines is 1. The van der Waals surface area contributed by atoms with Gasteiger partial charge in [-0.1, -0.05) is 41.6 Å². The van der Waals surface area contributed by atoms with Crippen molar-refractivity contribution in [3.8, 4) is 0 Å². The van der Waals surface area contributed by atoms with Crippen LogP contribution in [0.4, 0.5) is 5.69 Å². The van der Waals surface area contributed by atoms with Crippen LogP contribution >= 0.6 is 34.7 Å². The van der Waals surface area contributed by atoms with E-state index in [1.165, 1.54) is 0 Å². The van der Waals surface area contributed by atoms with E-state index in [-0.39, 0.29) is 5.91 Å². The summed E-state index contributed by atoms with van der Waals surface area (Å²) in [6.07, 6.45) is 0. The number of aryl methyl sites for hydroxylation is 1. The molecule has 0 saturated carbocycles. The molecule has 4 rings (SSSR count). The van der Waals surface area contributed by atoms with E-state index in [1.54, 1.807) is 47.4 Å². The van der Waals surface area contributed by atoms with Crippen LogP contribution in [0.5, 0.6) is 0 Å². The van der Waals surface area contributed by atoms with Crippen LogP contribution in [-0.2, 0) is 5.75 Å². The normalized spacial score (nSPS) is 11.0. The van der Waals surface area contributed by atoms with Crippen molar-refractivity contribution in [2.45, 2.75) is 17.0 Å². The van der Waals surface area contributed by atoms with Gasteiger partial charge in [-0.25, -0.2) is 4.98 Å². The molecule has 0 aliphatic heterocycles. The highest BCUT2D eigenvalue weighted by molar-refractivity contribution is 8.00. The Bertz CT molecular complexity index is 1100. The summed E-state index contributed by atoms with van der Waals surface area (Å²) in [5, 5.41) is 6.46. The molecule has 0 radical (unpaired) electrons. The van der Waals surface area contributed by atoms with E-state index in [9.17, 15) is 4.79 Å². The van der Waals surface area contributed by atoms with Crippen molar-refractivity contribution >= 4 is 57.3 Å². The lowest BCUT2D eigenvalue weighted by molar-refractivity contribution is 0.0998. The van der Waals surface area contributed by atoms with Crippen LogP contribution in [0.2, 0.25) is 5.02 Å². The third-order valence-electron chi connectivity index (χ3n) is 3.94. The molecule has 2 aromatic carbocycles. The zero-order valence-electron chi connectivity index (χ0n) is 14.4. The maximum absolute atomic E-state index is 12.8. The first-order chi connectivity index (χ1) is 13.1. The van der Waals surface area contributed by atoms with Crippen LogP contribution in [0.25, 0.3) is 11.0 Å². The van der Waals surface area contributed by atoms with Gasteiger partial charge < -0.3 is 9.73 Å². The van der Waals surface area contributed by atoms with Crippen molar-refractivity contribution in [1.82, 2.24) is 4.98 Å². The molecule has 27 heavy (non-hydrogen) atoms. The maximum atomic E-state index is 12.8. The third kappa shape index (κ3) is 4.03. The highest BCUT2D eigenvalue weighted by Gasteiger charge is 2.21. The number of nitrogens with one attached hydrogen (secondary N) is 1. The molecule has 0 fully saturated rings. The van der Waals surface area contributed by atoms with Gasteiger partial charge in [0.2, 0.25) is 0 Å². The van der Waals surface area contributed by atoms with Crippen molar-refractivity contribution in [3.05, 3.63) is 76.0 Å². The molecule has 1 amide bonds. The largest absolute Gasteiger partial charge is 0.451 e. The second-order valence-electron chi connectivity index (χ2n) is 5.91. The summed E-state index contributed by atoms with van der Waals surface area (Å²) in [4.78, 5) is 17.3. The number of para-hydroxylation sites is 1. The number of rotatable bonds is 5. The molecule has 2 aromatic heterocycles. The van der Waals surface area contributed by atoms with Crippen LogP contribution < -0.4 is 5.32 Å². The molecule has 0 saturated heterocycles. The van der Waals surface area contributed by atoms with Gasteiger partial charge in [-0.05, 0) is 37.3 Å². The lowest BCUT2D eigenvalue weighted by Gasteiger charge is -2.05. The lowest BCUT2D eigenvalue weighted by atomic mass is 10.1. The van der Waals surface area contributed by atoms with Gasteiger partial charge in [0.15, 0.2) is 5.76 Å². The Hall–Kier alpha value is -2.28. The van der Waals surface area contributed by atoms with Gasteiger partial charge >= 0.3 is 0 Å². The molecule has 4 aromatic rings. The molecule has 2 heterocycles. The number of halogens is 1. The van der Waals surface area contributed by atoms with Crippen molar-refractivity contribution in [1.29, 1.82) is 0 Å². The predicted octanol–water partition coefficient (Wildman–Crippen LogP) is 6.40. The molecular weight excluding hydrogens is 400 g/mol. The molecule has 136 valence electrons. The number of fused-ring (bicyclic) bond motifs is 1. The number of furan rings is 1. The van der Waals surface area contributed by atoms with Crippen molar-refractivity contribution in [2.24, 2.45) is 0 Å². The summed E-state index contributed by atoms with van der Waals surface area (Å²) in [5.41, 5.74) is 3.24. The van der Waals surface area contributed by atoms with E-state index in [4.69, 9.17) is 16.0 Å². The van der Waals surface area contributed by atoms with Gasteiger partial charge in [0.25, 0.3) is 5.91 Å². The van der Waals surface area contributed by atoms with Gasteiger partial charge in [-0.15, -0.1) is 11.3 Å². The Labute approximate surface area is 169 Å². The molecular formula is C20H15ClN2O2S2. The molecule has 0 unspecified atom stereocenters. The monoisotopic (exact) mass is 414 g/mol. The number of thiazole rings is 1. The van der Waals surface area contributed by atoms with Crippen molar-refractivity contribution in [3.63, 3.8) is 0 Å². The fraction of sp³-hybridized carbons (Fsp3) is 0.100. The fourth-order valence-corrected chi connectivity index (χ4v) is 4.68. The number of hydrogen-bond acceptors (Lipinski definition) is 5. The van der Waals surface area contributed by atoms with E-state index in [0.717, 1.165) is 21.0 Å². The number of thioether (sulfide) groups is 1. The van der Waals surface area contributed by atoms with Gasteiger partial charge in [-0.3, -0.25) is 4.79 Å². The summed E-state index contributed by atoms with van der Waals surface area (Å²) in [6.45, 7) is 1.97. The first-order valence-corrected chi connectivity index (χ1v) is 10.5. The number of hydrogen-bond donors (Lipinski definition) is 1. The smallest absolute Gasteiger partial charge is 0.291 e. The summed E-state index contributed by atoms with van der Waals surface area (Å²) in [7, 11) is 0. The Balaban J connectivity index is 1.64. The van der Waals surface area contributed by atoms with Crippen LogP contribution in [0, 0.1) is 6.92 Å². The minimum absolute atomic E-state index is 0.278. The van der Waals surface area contributed by atoms with Crippen LogP contribution in [0.1, 0.15) is 21.8 Å². The first kappa shape index (κ1) is 18.1. The van der Waals surface area contributed by atoms with Gasteiger partial charge in [0.1, 0.15) is 9.92 Å². The Kier molecular flexibility index (Phi) is 5.20. The zero-order chi connectivity index (χ0) is 18.8. The Morgan fingerprint density at radius 1 is 1.22 bits per heavy atom. The van der Waals surface area contributed by atoms with Gasteiger partial charge in [0.05, 0.1) is 0 Å². The molecule has 0 spiro atoms. The number of carbonyl (C=O) groups excluding carboxylic acids is 1. The molecule has 1 N–H and O–H groups in total. The van der Waals surface area contributed by atoms with Gasteiger partial charge in [-0.2, -0.15) is 0 Å². The second kappa shape index (κ2) is 7.76. The van der Waals surface area contributed by atoms with E-state index in [2.05, 4.69) is 10.3 Å². The van der Waals surface area contributed by atoms with Crippen LogP contribution in [0.3, 0.4) is 0 Å². The van der Waals surface area contributed by atoms with Gasteiger partial charge in [0, 0.05) is 38.5 Å². The molecule has 0 bridgehead atoms. The highest BCUT2D eigenvalue weighted by Crippen LogP contribution is 2.33. The quantitative estimate of drug-likeness (QED) is 0.384. The summed E-state index contributed by atoms with van der Waals surface area (Å²) < 4.78 is 6.86. The lowest BCUT2D eigenvalue weighted by Crippen LogP contribution is -2.12. The maximum Gasteiger partial charge on any atom is 0.291 e. The topological polar surface area (TPSA) is 55.1 Å². The minimum atomic E-state index is -0.278. The van der Waals surface area contributed by atoms with Crippen molar-refractivity contribution < 1.29 is 9.21 Å². The number of nitrogens with zero attached hydrogens (tertiary/aromatic N) is 1. The number of amides is 1. The van der Waals surface area contributed by atoms with E-state index < -0.39 is 0 Å². The predicted molar refractivity (Wildman–Crippen MR) is 112 cm³/mol. The summed E-state index contributed by atoms with van der Waals surface area (Å²) in [6, 6.07) is 14.7. The fourth-order valence-electron chi connectivity index (χ4n) is 2.68. The van der Waals surface area contributed by atoms with Crippen LogP contribution in [-0.4, -0.2) is 10.9 Å². The van der Waals surface area contributed by atoms with E-state index >= 15 is 0 Å². The molecule has 7 heteroatoms. The number of aromatic nitrogens is 1. The second-order valence-corrected chi connectivity index (χ2v) is 8.43. The summed E-state index contributed by atoms with van der Waals surface area (Å²) in [5.74, 6) is 0.652. The third-order valence-corrected chi connectivity index (χ3v) is 6.36. The highest BCUT2D eigenvalue weighted by atomic mass is 35.5. The average molecular weight is 415 g/mol. The van der Waals surface area contributed by atoms with E-state index in [1.807, 2.05) is 36.6 Å². The standard InChI is InChI=1S/C20H15ClN2O2S2/c1-12-10-26-20(22-12)27-11-16-15-4-2-3-5-17(15)25-18(16)19(24)23-14-8-6-13(21)7-9-14/h2-10H,11H2,1H3,(H,23,24). The summed E-state index contributed by atoms with van der Waals surface area (Å²) >= 11 is 9.11. The molecule has 0 atom stereocenters. The van der Waals surface area contributed by atoms with Crippen molar-refractivity contribution in [2.75, 3.05) is 5.32 Å². The number of benzene rings is 2. The Morgan fingerprint density at radius 3 is 2.74 bits per heavy atom. The zero-order valence-corrected chi connectivity index (χ0v) is 16.8. The SMILES string of the molecule is Cc1csc(SCc2c(C(=O)Nc3ccc(Cl)cc3)oc3ccccc23)n1. The van der Waals surface area contributed by atoms with E-state index in [0.29, 0.717) is 27.8 Å². The molecule has 0 aliphatic rings. The molecule has 0 aliphatic carbocycles. The molecule has 4 nitrogen and oxygen atoms in total. The average Bonchev–Trinajstić information content (AvgIpc) is 3.25. The minimum Gasteiger partial charge on any atom is -0.451 e. The number of carbonyl (C=O) groups is 1. The first-order valence-electron chi connectivity index (χ1n) is 8.22.